The second kappa shape index (κ2) is 11.5. The predicted octanol–water partition coefficient (Wildman–Crippen LogP) is 4.56. The Morgan fingerprint density at radius 3 is 2.32 bits per heavy atom. The van der Waals surface area contributed by atoms with Crippen LogP contribution in [0.4, 0.5) is 5.69 Å². The van der Waals surface area contributed by atoms with Crippen LogP contribution in [0.15, 0.2) is 95.4 Å². The van der Waals surface area contributed by atoms with Crippen LogP contribution in [0.3, 0.4) is 0 Å². The largest absolute Gasteiger partial charge is 0.490 e. The van der Waals surface area contributed by atoms with Crippen molar-refractivity contribution in [2.45, 2.75) is 11.8 Å². The second-order valence-corrected chi connectivity index (χ2v) is 9.56. The highest BCUT2D eigenvalue weighted by Crippen LogP contribution is 2.25. The molecule has 3 aromatic carbocycles. The number of anilines is 1. The number of ether oxygens (including phenoxy) is 1. The van der Waals surface area contributed by atoms with E-state index in [1.807, 2.05) is 6.92 Å². The zero-order chi connectivity index (χ0) is 24.6. The summed E-state index contributed by atoms with van der Waals surface area (Å²) in [5.41, 5.74) is 4.33. The minimum atomic E-state index is -4.01. The monoisotopic (exact) mass is 497 g/mol. The maximum atomic E-state index is 13.3. The van der Waals surface area contributed by atoms with Crippen molar-refractivity contribution in [3.8, 4) is 5.75 Å². The van der Waals surface area contributed by atoms with Crippen molar-refractivity contribution in [3.05, 3.63) is 102 Å². The smallest absolute Gasteiger partial charge is 0.264 e. The average molecular weight is 498 g/mol. The summed E-state index contributed by atoms with van der Waals surface area (Å²) in [5.74, 6) is 0.0776. The standard InChI is InChI=1S/C25H24ClN3O4S/c1-3-16-33-23-12-6-20(7-13-23)17-27-28-25(30)18-29(22-10-8-21(26)9-11-22)34(31,32)24-14-4-19(2)5-15-24/h3-15,17H,1,16,18H2,2H3,(H,28,30)/b27-17-. The molecule has 0 aliphatic rings. The van der Waals surface area contributed by atoms with E-state index in [2.05, 4.69) is 17.1 Å². The minimum Gasteiger partial charge on any atom is -0.490 e. The number of sulfonamides is 1. The number of carbonyl (C=O) groups is 1. The van der Waals surface area contributed by atoms with Crippen molar-refractivity contribution >= 4 is 39.4 Å². The summed E-state index contributed by atoms with van der Waals surface area (Å²) in [6.45, 7) is 5.39. The molecule has 7 nitrogen and oxygen atoms in total. The van der Waals surface area contributed by atoms with Crippen molar-refractivity contribution in [3.63, 3.8) is 0 Å². The average Bonchev–Trinajstić information content (AvgIpc) is 2.83. The summed E-state index contributed by atoms with van der Waals surface area (Å²) in [6, 6.07) is 19.7. The number of hydrazone groups is 1. The molecule has 0 aromatic heterocycles. The zero-order valence-corrected chi connectivity index (χ0v) is 20.1. The highest BCUT2D eigenvalue weighted by molar-refractivity contribution is 7.92. The molecule has 3 rings (SSSR count). The first kappa shape index (κ1) is 25.0. The Bertz CT molecular complexity index is 1260. The van der Waals surface area contributed by atoms with E-state index in [1.165, 1.54) is 18.3 Å². The molecule has 0 aliphatic carbocycles. The molecule has 0 bridgehead atoms. The topological polar surface area (TPSA) is 88.1 Å². The summed E-state index contributed by atoms with van der Waals surface area (Å²) in [6.07, 6.45) is 3.10. The van der Waals surface area contributed by atoms with E-state index < -0.39 is 22.5 Å². The van der Waals surface area contributed by atoms with Gasteiger partial charge >= 0.3 is 0 Å². The van der Waals surface area contributed by atoms with E-state index in [4.69, 9.17) is 16.3 Å². The van der Waals surface area contributed by atoms with Crippen LogP contribution in [0.2, 0.25) is 5.02 Å². The first-order valence-corrected chi connectivity index (χ1v) is 12.1. The van der Waals surface area contributed by atoms with E-state index in [9.17, 15) is 13.2 Å². The van der Waals surface area contributed by atoms with Crippen LogP contribution in [0.5, 0.6) is 5.75 Å². The molecule has 0 spiro atoms. The third-order valence-corrected chi connectivity index (χ3v) is 6.70. The molecule has 9 heteroatoms. The fourth-order valence-corrected chi connectivity index (χ4v) is 4.46. The van der Waals surface area contributed by atoms with Gasteiger partial charge in [0.25, 0.3) is 15.9 Å². The molecule has 0 unspecified atom stereocenters. The van der Waals surface area contributed by atoms with Crippen LogP contribution in [-0.2, 0) is 14.8 Å². The van der Waals surface area contributed by atoms with Crippen molar-refractivity contribution in [2.24, 2.45) is 5.10 Å². The van der Waals surface area contributed by atoms with Gasteiger partial charge in [-0.05, 0) is 73.2 Å². The number of halogens is 1. The number of amides is 1. The highest BCUT2D eigenvalue weighted by Gasteiger charge is 2.27. The predicted molar refractivity (Wildman–Crippen MR) is 135 cm³/mol. The normalized spacial score (nSPS) is 11.2. The molecule has 0 radical (unpaired) electrons. The summed E-state index contributed by atoms with van der Waals surface area (Å²) in [4.78, 5) is 12.7. The van der Waals surface area contributed by atoms with E-state index in [0.29, 0.717) is 23.1 Å². The SMILES string of the molecule is C=CCOc1ccc(/C=N\NC(=O)CN(c2ccc(Cl)cc2)S(=O)(=O)c2ccc(C)cc2)cc1. The molecule has 0 atom stereocenters. The molecule has 0 saturated heterocycles. The lowest BCUT2D eigenvalue weighted by molar-refractivity contribution is -0.119. The van der Waals surface area contributed by atoms with E-state index in [1.54, 1.807) is 66.7 Å². The minimum absolute atomic E-state index is 0.0723. The van der Waals surface area contributed by atoms with Crippen molar-refractivity contribution in [2.75, 3.05) is 17.5 Å². The summed E-state index contributed by atoms with van der Waals surface area (Å²) in [7, 11) is -4.01. The summed E-state index contributed by atoms with van der Waals surface area (Å²) >= 11 is 5.95. The molecule has 1 N–H and O–H groups in total. The van der Waals surface area contributed by atoms with Gasteiger partial charge in [0.2, 0.25) is 0 Å². The third-order valence-electron chi connectivity index (χ3n) is 4.66. The lowest BCUT2D eigenvalue weighted by atomic mass is 10.2. The molecule has 176 valence electrons. The van der Waals surface area contributed by atoms with Crippen molar-refractivity contribution in [1.29, 1.82) is 0 Å². The maximum absolute atomic E-state index is 13.3. The molecular weight excluding hydrogens is 474 g/mol. The Hall–Kier alpha value is -3.62. The molecule has 0 saturated carbocycles. The first-order valence-electron chi connectivity index (χ1n) is 10.3. The molecular formula is C25H24ClN3O4S. The number of carbonyl (C=O) groups excluding carboxylic acids is 1. The van der Waals surface area contributed by atoms with Gasteiger partial charge in [-0.1, -0.05) is 42.0 Å². The Kier molecular flexibility index (Phi) is 8.45. The van der Waals surface area contributed by atoms with Crippen LogP contribution in [-0.4, -0.2) is 33.7 Å². The van der Waals surface area contributed by atoms with Crippen LogP contribution in [0.1, 0.15) is 11.1 Å². The van der Waals surface area contributed by atoms with E-state index in [-0.39, 0.29) is 4.90 Å². The fraction of sp³-hybridized carbons (Fsp3) is 0.120. The van der Waals surface area contributed by atoms with Gasteiger partial charge in [0.05, 0.1) is 16.8 Å². The third kappa shape index (κ3) is 6.69. The number of rotatable bonds is 10. The van der Waals surface area contributed by atoms with E-state index in [0.717, 1.165) is 15.4 Å². The van der Waals surface area contributed by atoms with Crippen molar-refractivity contribution < 1.29 is 17.9 Å². The van der Waals surface area contributed by atoms with Crippen LogP contribution >= 0.6 is 11.6 Å². The van der Waals surface area contributed by atoms with Gasteiger partial charge in [-0.2, -0.15) is 5.10 Å². The Balaban J connectivity index is 1.75. The number of benzene rings is 3. The lowest BCUT2D eigenvalue weighted by Gasteiger charge is -2.23. The quantitative estimate of drug-likeness (QED) is 0.253. The number of nitrogens with one attached hydrogen (secondary N) is 1. The van der Waals surface area contributed by atoms with Crippen LogP contribution in [0.25, 0.3) is 0 Å². The van der Waals surface area contributed by atoms with Gasteiger partial charge in [-0.3, -0.25) is 9.10 Å². The molecule has 0 aliphatic heterocycles. The fourth-order valence-electron chi connectivity index (χ4n) is 2.91. The highest BCUT2D eigenvalue weighted by atomic mass is 35.5. The maximum Gasteiger partial charge on any atom is 0.264 e. The van der Waals surface area contributed by atoms with Gasteiger partial charge in [0, 0.05) is 5.02 Å². The molecule has 0 heterocycles. The summed E-state index contributed by atoms with van der Waals surface area (Å²) < 4.78 is 33.1. The molecule has 3 aromatic rings. The lowest BCUT2D eigenvalue weighted by Crippen LogP contribution is -2.39. The first-order chi connectivity index (χ1) is 16.3. The van der Waals surface area contributed by atoms with Crippen LogP contribution in [0, 0.1) is 6.92 Å². The van der Waals surface area contributed by atoms with Crippen LogP contribution < -0.4 is 14.5 Å². The Morgan fingerprint density at radius 2 is 1.71 bits per heavy atom. The molecule has 1 amide bonds. The molecule has 34 heavy (non-hydrogen) atoms. The zero-order valence-electron chi connectivity index (χ0n) is 18.5. The van der Waals surface area contributed by atoms with Crippen molar-refractivity contribution in [1.82, 2.24) is 5.43 Å². The Labute approximate surface area is 204 Å². The van der Waals surface area contributed by atoms with Gasteiger partial charge in [0.1, 0.15) is 18.9 Å². The number of hydrogen-bond acceptors (Lipinski definition) is 5. The van der Waals surface area contributed by atoms with Gasteiger partial charge in [-0.15, -0.1) is 0 Å². The molecule has 0 fully saturated rings. The van der Waals surface area contributed by atoms with Gasteiger partial charge < -0.3 is 4.74 Å². The van der Waals surface area contributed by atoms with Gasteiger partial charge in [-0.25, -0.2) is 13.8 Å². The number of hydrogen-bond donors (Lipinski definition) is 1. The number of nitrogens with zero attached hydrogens (tertiary/aromatic N) is 2. The number of aryl methyl sites for hydroxylation is 1. The second-order valence-electron chi connectivity index (χ2n) is 7.26. The van der Waals surface area contributed by atoms with Gasteiger partial charge in [0.15, 0.2) is 0 Å². The Morgan fingerprint density at radius 1 is 1.06 bits per heavy atom. The summed E-state index contributed by atoms with van der Waals surface area (Å²) in [5, 5.41) is 4.39. The van der Waals surface area contributed by atoms with E-state index >= 15 is 0 Å².